The molecule has 3 rings (SSSR count). The molecule has 2 heterocycles. The van der Waals surface area contributed by atoms with Crippen LogP contribution >= 0.6 is 0 Å². The van der Waals surface area contributed by atoms with Crippen molar-refractivity contribution < 1.29 is 28.7 Å². The minimum atomic E-state index is -0.690. The molecule has 0 N–H and O–H groups in total. The van der Waals surface area contributed by atoms with Crippen molar-refractivity contribution in [3.8, 4) is 0 Å². The topological polar surface area (TPSA) is 82.1 Å². The second-order valence-corrected chi connectivity index (χ2v) is 4.69. The van der Waals surface area contributed by atoms with Crippen molar-refractivity contribution in [2.24, 2.45) is 0 Å². The Bertz CT molecular complexity index is 560. The summed E-state index contributed by atoms with van der Waals surface area (Å²) in [6, 6.07) is 6.32. The molecule has 2 aliphatic rings. The van der Waals surface area contributed by atoms with E-state index >= 15 is 0 Å². The van der Waals surface area contributed by atoms with Crippen molar-refractivity contribution in [3.05, 3.63) is 35.4 Å². The molecule has 1 saturated heterocycles. The fraction of sp³-hybridized carbons (Fsp3) is 0.357. The van der Waals surface area contributed by atoms with Crippen LogP contribution in [0.25, 0.3) is 0 Å². The first-order chi connectivity index (χ1) is 10.2. The molecule has 1 fully saturated rings. The number of hydrogen-bond acceptors (Lipinski definition) is 6. The van der Waals surface area contributed by atoms with Crippen LogP contribution < -0.4 is 0 Å². The molecule has 1 aromatic rings. The fourth-order valence-corrected chi connectivity index (χ4v) is 2.02. The minimum Gasteiger partial charge on any atom is -0.376 e. The van der Waals surface area contributed by atoms with Gasteiger partial charge in [-0.3, -0.25) is 9.59 Å². The zero-order valence-electron chi connectivity index (χ0n) is 11.1. The van der Waals surface area contributed by atoms with E-state index in [0.29, 0.717) is 18.3 Å². The van der Waals surface area contributed by atoms with Gasteiger partial charge in [0.1, 0.15) is 6.10 Å². The summed E-state index contributed by atoms with van der Waals surface area (Å²) >= 11 is 0. The molecule has 0 bridgehead atoms. The van der Waals surface area contributed by atoms with Crippen LogP contribution in [0, 0.1) is 0 Å². The first-order valence-electron chi connectivity index (χ1n) is 6.55. The van der Waals surface area contributed by atoms with Crippen LogP contribution in [-0.2, 0) is 19.1 Å². The molecule has 0 radical (unpaired) electrons. The molecular weight excluding hydrogens is 278 g/mol. The molecule has 0 saturated carbocycles. The van der Waals surface area contributed by atoms with Gasteiger partial charge < -0.3 is 14.3 Å². The second kappa shape index (κ2) is 5.63. The van der Waals surface area contributed by atoms with Crippen molar-refractivity contribution in [1.29, 1.82) is 0 Å². The van der Waals surface area contributed by atoms with Gasteiger partial charge >= 0.3 is 5.97 Å². The second-order valence-electron chi connectivity index (χ2n) is 4.69. The number of hydrogen-bond donors (Lipinski definition) is 0. The van der Waals surface area contributed by atoms with E-state index in [9.17, 15) is 14.4 Å². The maximum absolute atomic E-state index is 12.0. The summed E-state index contributed by atoms with van der Waals surface area (Å²) in [6.07, 6.45) is -0.0266. The van der Waals surface area contributed by atoms with Crippen LogP contribution in [0.4, 0.5) is 0 Å². The zero-order valence-corrected chi connectivity index (χ0v) is 11.1. The normalized spacial score (nSPS) is 17.6. The van der Waals surface area contributed by atoms with Gasteiger partial charge in [-0.2, -0.15) is 0 Å². The summed E-state index contributed by atoms with van der Waals surface area (Å²) in [5, 5.41) is 0.499. The molecule has 0 atom stereocenters. The van der Waals surface area contributed by atoms with E-state index in [1.54, 1.807) is 12.1 Å². The summed E-state index contributed by atoms with van der Waals surface area (Å²) in [6.45, 7) is 1.21. The summed E-state index contributed by atoms with van der Waals surface area (Å²) in [5.74, 6) is -1.95. The molecule has 110 valence electrons. The third kappa shape index (κ3) is 2.65. The van der Waals surface area contributed by atoms with Gasteiger partial charge in [0.15, 0.2) is 0 Å². The van der Waals surface area contributed by atoms with Crippen LogP contribution in [0.15, 0.2) is 24.3 Å². The lowest BCUT2D eigenvalue weighted by Gasteiger charge is -2.25. The van der Waals surface area contributed by atoms with Crippen LogP contribution in [0.1, 0.15) is 27.1 Å². The standard InChI is InChI=1S/C14H13NO6/c16-12(5-6-20-9-7-19-8-9)21-15-13(17)10-3-1-2-4-11(10)14(15)18/h1-4,9H,5-8H2. The maximum Gasteiger partial charge on any atom is 0.335 e. The van der Waals surface area contributed by atoms with E-state index in [1.165, 1.54) is 12.1 Å². The lowest BCUT2D eigenvalue weighted by Crippen LogP contribution is -2.37. The molecule has 7 heteroatoms. The Kier molecular flexibility index (Phi) is 3.68. The fourth-order valence-electron chi connectivity index (χ4n) is 2.02. The molecular formula is C14H13NO6. The molecule has 0 aromatic heterocycles. The number of ether oxygens (including phenoxy) is 2. The summed E-state index contributed by atoms with van der Waals surface area (Å²) < 4.78 is 10.2. The van der Waals surface area contributed by atoms with E-state index in [0.717, 1.165) is 0 Å². The van der Waals surface area contributed by atoms with Gasteiger partial charge in [-0.1, -0.05) is 17.2 Å². The predicted molar refractivity (Wildman–Crippen MR) is 68.2 cm³/mol. The third-order valence-corrected chi connectivity index (χ3v) is 3.22. The Balaban J connectivity index is 1.54. The molecule has 7 nitrogen and oxygen atoms in total. The Labute approximate surface area is 120 Å². The monoisotopic (exact) mass is 291 g/mol. The number of fused-ring (bicyclic) bond motifs is 1. The average molecular weight is 291 g/mol. The van der Waals surface area contributed by atoms with Crippen molar-refractivity contribution in [3.63, 3.8) is 0 Å². The van der Waals surface area contributed by atoms with E-state index in [4.69, 9.17) is 14.3 Å². The first kappa shape index (κ1) is 13.7. The third-order valence-electron chi connectivity index (χ3n) is 3.22. The van der Waals surface area contributed by atoms with Crippen molar-refractivity contribution in [1.82, 2.24) is 5.06 Å². The van der Waals surface area contributed by atoms with Gasteiger partial charge in [0, 0.05) is 0 Å². The Morgan fingerprint density at radius 2 is 1.81 bits per heavy atom. The molecule has 1 aromatic carbocycles. The lowest BCUT2D eigenvalue weighted by molar-refractivity contribution is -0.173. The van der Waals surface area contributed by atoms with Crippen LogP contribution in [0.5, 0.6) is 0 Å². The SMILES string of the molecule is O=C(CCOC1COC1)ON1C(=O)c2ccccc2C1=O. The molecule has 0 spiro atoms. The molecule has 0 unspecified atom stereocenters. The highest BCUT2D eigenvalue weighted by Gasteiger charge is 2.38. The van der Waals surface area contributed by atoms with Gasteiger partial charge in [-0.25, -0.2) is 4.79 Å². The number of carbonyl (C=O) groups excluding carboxylic acids is 3. The van der Waals surface area contributed by atoms with Gasteiger partial charge in [0.25, 0.3) is 11.8 Å². The van der Waals surface area contributed by atoms with Crippen LogP contribution in [0.3, 0.4) is 0 Å². The van der Waals surface area contributed by atoms with Crippen molar-refractivity contribution in [2.75, 3.05) is 19.8 Å². The summed E-state index contributed by atoms with van der Waals surface area (Å²) in [7, 11) is 0. The van der Waals surface area contributed by atoms with Crippen molar-refractivity contribution in [2.45, 2.75) is 12.5 Å². The average Bonchev–Trinajstić information content (AvgIpc) is 2.67. The molecule has 2 amide bonds. The van der Waals surface area contributed by atoms with E-state index in [2.05, 4.69) is 0 Å². The number of amides is 2. The van der Waals surface area contributed by atoms with Gasteiger partial charge in [0.2, 0.25) is 0 Å². The smallest absolute Gasteiger partial charge is 0.335 e. The zero-order chi connectivity index (χ0) is 14.8. The van der Waals surface area contributed by atoms with Gasteiger partial charge in [-0.15, -0.1) is 0 Å². The highest BCUT2D eigenvalue weighted by atomic mass is 16.7. The van der Waals surface area contributed by atoms with Crippen LogP contribution in [-0.4, -0.2) is 48.8 Å². The van der Waals surface area contributed by atoms with Gasteiger partial charge in [-0.05, 0) is 12.1 Å². The minimum absolute atomic E-state index is 0.0112. The predicted octanol–water partition coefficient (Wildman–Crippen LogP) is 0.546. The van der Waals surface area contributed by atoms with Crippen LogP contribution in [0.2, 0.25) is 0 Å². The highest BCUT2D eigenvalue weighted by molar-refractivity contribution is 6.20. The molecule has 2 aliphatic heterocycles. The number of rotatable bonds is 5. The number of benzene rings is 1. The number of imide groups is 1. The Morgan fingerprint density at radius 1 is 1.19 bits per heavy atom. The van der Waals surface area contributed by atoms with E-state index < -0.39 is 17.8 Å². The van der Waals surface area contributed by atoms with Crippen molar-refractivity contribution >= 4 is 17.8 Å². The molecule has 0 aliphatic carbocycles. The largest absolute Gasteiger partial charge is 0.376 e. The number of nitrogens with zero attached hydrogens (tertiary/aromatic N) is 1. The number of carbonyl (C=O) groups is 3. The first-order valence-corrected chi connectivity index (χ1v) is 6.55. The Hall–Kier alpha value is -2.25. The maximum atomic E-state index is 12.0. The highest BCUT2D eigenvalue weighted by Crippen LogP contribution is 2.22. The van der Waals surface area contributed by atoms with E-state index in [-0.39, 0.29) is 30.3 Å². The Morgan fingerprint density at radius 3 is 2.33 bits per heavy atom. The number of hydroxylamine groups is 2. The van der Waals surface area contributed by atoms with Gasteiger partial charge in [0.05, 0.1) is 37.4 Å². The summed E-state index contributed by atoms with van der Waals surface area (Å²) in [5.41, 5.74) is 0.469. The van der Waals surface area contributed by atoms with E-state index in [1.807, 2.05) is 0 Å². The molecule has 21 heavy (non-hydrogen) atoms. The quantitative estimate of drug-likeness (QED) is 0.737. The lowest BCUT2D eigenvalue weighted by atomic mass is 10.1. The summed E-state index contributed by atoms with van der Waals surface area (Å²) in [4.78, 5) is 40.4.